The molecule has 2 N–H and O–H groups in total. The molecule has 0 aromatic carbocycles. The SMILES string of the molecule is O=C(O)CC=Cc1ncccc1C(=O)O. The molecule has 1 rings (SSSR count). The summed E-state index contributed by atoms with van der Waals surface area (Å²) in [6.45, 7) is 0. The molecule has 0 radical (unpaired) electrons. The lowest BCUT2D eigenvalue weighted by Gasteiger charge is -1.97. The van der Waals surface area contributed by atoms with Gasteiger partial charge in [-0.05, 0) is 18.2 Å². The summed E-state index contributed by atoms with van der Waals surface area (Å²) in [6, 6.07) is 2.92. The first-order chi connectivity index (χ1) is 7.11. The summed E-state index contributed by atoms with van der Waals surface area (Å²) in [4.78, 5) is 24.8. The van der Waals surface area contributed by atoms with Crippen LogP contribution in [0.15, 0.2) is 24.4 Å². The van der Waals surface area contributed by atoms with Gasteiger partial charge in [0.25, 0.3) is 0 Å². The number of carbonyl (C=O) groups is 2. The van der Waals surface area contributed by atoms with E-state index in [1.807, 2.05) is 0 Å². The summed E-state index contributed by atoms with van der Waals surface area (Å²) in [5.41, 5.74) is 0.311. The summed E-state index contributed by atoms with van der Waals surface area (Å²) in [7, 11) is 0. The summed E-state index contributed by atoms with van der Waals surface area (Å²) in [6.07, 6.45) is 4.04. The van der Waals surface area contributed by atoms with Gasteiger partial charge >= 0.3 is 11.9 Å². The maximum absolute atomic E-state index is 10.7. The van der Waals surface area contributed by atoms with Gasteiger partial charge in [0.15, 0.2) is 0 Å². The van der Waals surface area contributed by atoms with Crippen molar-refractivity contribution < 1.29 is 19.8 Å². The second-order valence-electron chi connectivity index (χ2n) is 2.74. The molecule has 5 heteroatoms. The molecule has 1 aromatic rings. The Morgan fingerprint density at radius 3 is 2.73 bits per heavy atom. The van der Waals surface area contributed by atoms with Gasteiger partial charge in [0.2, 0.25) is 0 Å². The lowest BCUT2D eigenvalue weighted by molar-refractivity contribution is -0.135. The van der Waals surface area contributed by atoms with E-state index in [2.05, 4.69) is 4.98 Å². The van der Waals surface area contributed by atoms with E-state index in [9.17, 15) is 9.59 Å². The van der Waals surface area contributed by atoms with Crippen LogP contribution in [0.3, 0.4) is 0 Å². The molecule has 0 fully saturated rings. The molecule has 15 heavy (non-hydrogen) atoms. The minimum atomic E-state index is -1.09. The van der Waals surface area contributed by atoms with Gasteiger partial charge < -0.3 is 10.2 Å². The lowest BCUT2D eigenvalue weighted by Crippen LogP contribution is -2.00. The van der Waals surface area contributed by atoms with Gasteiger partial charge in [0, 0.05) is 6.20 Å². The second kappa shape index (κ2) is 4.90. The van der Waals surface area contributed by atoms with Crippen molar-refractivity contribution in [1.82, 2.24) is 4.98 Å². The van der Waals surface area contributed by atoms with Gasteiger partial charge in [0.1, 0.15) is 0 Å². The van der Waals surface area contributed by atoms with Gasteiger partial charge in [-0.25, -0.2) is 4.79 Å². The highest BCUT2D eigenvalue weighted by atomic mass is 16.4. The minimum Gasteiger partial charge on any atom is -0.481 e. The molecule has 1 aromatic heterocycles. The van der Waals surface area contributed by atoms with Crippen molar-refractivity contribution >= 4 is 18.0 Å². The standard InChI is InChI=1S/C10H9NO4/c12-9(13)5-1-4-8-7(10(14)15)3-2-6-11-8/h1-4,6H,5H2,(H,12,13)(H,14,15). The van der Waals surface area contributed by atoms with Crippen LogP contribution in [0, 0.1) is 0 Å². The molecule has 0 bridgehead atoms. The van der Waals surface area contributed by atoms with Crippen LogP contribution in [0.2, 0.25) is 0 Å². The molecular weight excluding hydrogens is 198 g/mol. The number of nitrogens with zero attached hydrogens (tertiary/aromatic N) is 1. The van der Waals surface area contributed by atoms with Crippen LogP contribution in [0.1, 0.15) is 22.5 Å². The predicted octanol–water partition coefficient (Wildman–Crippen LogP) is 1.27. The molecule has 0 spiro atoms. The van der Waals surface area contributed by atoms with Crippen LogP contribution in [-0.2, 0) is 4.79 Å². The third kappa shape index (κ3) is 3.22. The molecule has 0 amide bonds. The largest absolute Gasteiger partial charge is 0.481 e. The number of hydrogen-bond acceptors (Lipinski definition) is 3. The molecule has 0 aliphatic carbocycles. The highest BCUT2D eigenvalue weighted by Crippen LogP contribution is 2.07. The molecular formula is C10H9NO4. The first-order valence-corrected chi connectivity index (χ1v) is 4.18. The first-order valence-electron chi connectivity index (χ1n) is 4.18. The normalized spacial score (nSPS) is 10.4. The number of pyridine rings is 1. The minimum absolute atomic E-state index is 0.0548. The van der Waals surface area contributed by atoms with Gasteiger partial charge in [-0.3, -0.25) is 9.78 Å². The van der Waals surface area contributed by atoms with E-state index in [0.717, 1.165) is 0 Å². The van der Waals surface area contributed by atoms with Crippen molar-refractivity contribution in [3.8, 4) is 0 Å². The van der Waals surface area contributed by atoms with Crippen LogP contribution in [0.5, 0.6) is 0 Å². The fourth-order valence-electron chi connectivity index (χ4n) is 1.00. The number of aromatic nitrogens is 1. The van der Waals surface area contributed by atoms with Crippen molar-refractivity contribution in [3.63, 3.8) is 0 Å². The van der Waals surface area contributed by atoms with Gasteiger partial charge in [0.05, 0.1) is 17.7 Å². The number of hydrogen-bond donors (Lipinski definition) is 2. The fourth-order valence-corrected chi connectivity index (χ4v) is 1.00. The van der Waals surface area contributed by atoms with E-state index in [-0.39, 0.29) is 17.7 Å². The van der Waals surface area contributed by atoms with Crippen LogP contribution >= 0.6 is 0 Å². The molecule has 0 atom stereocenters. The topological polar surface area (TPSA) is 87.5 Å². The molecule has 78 valence electrons. The quantitative estimate of drug-likeness (QED) is 0.776. The van der Waals surface area contributed by atoms with Crippen molar-refractivity contribution in [1.29, 1.82) is 0 Å². The first kappa shape index (κ1) is 10.9. The van der Waals surface area contributed by atoms with E-state index >= 15 is 0 Å². The molecule has 1 heterocycles. The Hall–Kier alpha value is -2.17. The molecule has 0 saturated heterocycles. The summed E-state index contributed by atoms with van der Waals surface area (Å²) in [5, 5.41) is 17.2. The van der Waals surface area contributed by atoms with Crippen LogP contribution in [-0.4, -0.2) is 27.1 Å². The number of carboxylic acid groups (broad SMARTS) is 2. The summed E-state index contributed by atoms with van der Waals surface area (Å²) < 4.78 is 0. The zero-order chi connectivity index (χ0) is 11.3. The van der Waals surface area contributed by atoms with Crippen molar-refractivity contribution in [2.24, 2.45) is 0 Å². The van der Waals surface area contributed by atoms with E-state index < -0.39 is 11.9 Å². The zero-order valence-electron chi connectivity index (χ0n) is 7.75. The number of rotatable bonds is 4. The number of aliphatic carboxylic acids is 1. The summed E-state index contributed by atoms with van der Waals surface area (Å²) in [5.74, 6) is -2.06. The van der Waals surface area contributed by atoms with Gasteiger partial charge in [-0.1, -0.05) is 6.08 Å². The maximum atomic E-state index is 10.7. The van der Waals surface area contributed by atoms with Crippen LogP contribution in [0.25, 0.3) is 6.08 Å². The van der Waals surface area contributed by atoms with Gasteiger partial charge in [-0.2, -0.15) is 0 Å². The number of carboxylic acids is 2. The fraction of sp³-hybridized carbons (Fsp3) is 0.100. The average molecular weight is 207 g/mol. The third-order valence-corrected chi connectivity index (χ3v) is 1.64. The number of aromatic carboxylic acids is 1. The predicted molar refractivity (Wildman–Crippen MR) is 52.5 cm³/mol. The van der Waals surface area contributed by atoms with Crippen molar-refractivity contribution in [2.75, 3.05) is 0 Å². The third-order valence-electron chi connectivity index (χ3n) is 1.64. The molecule has 5 nitrogen and oxygen atoms in total. The average Bonchev–Trinajstić information content (AvgIpc) is 2.17. The Balaban J connectivity index is 2.89. The van der Waals surface area contributed by atoms with Crippen LogP contribution in [0.4, 0.5) is 0 Å². The Bertz CT molecular complexity index is 412. The highest BCUT2D eigenvalue weighted by molar-refractivity contribution is 5.91. The molecule has 0 saturated carbocycles. The van der Waals surface area contributed by atoms with E-state index in [4.69, 9.17) is 10.2 Å². The highest BCUT2D eigenvalue weighted by Gasteiger charge is 2.07. The van der Waals surface area contributed by atoms with E-state index in [1.165, 1.54) is 30.5 Å². The van der Waals surface area contributed by atoms with E-state index in [0.29, 0.717) is 0 Å². The molecule has 0 aliphatic heterocycles. The van der Waals surface area contributed by atoms with Crippen molar-refractivity contribution in [2.45, 2.75) is 6.42 Å². The Kier molecular flexibility index (Phi) is 3.56. The Labute approximate surface area is 85.7 Å². The Morgan fingerprint density at radius 1 is 1.40 bits per heavy atom. The smallest absolute Gasteiger partial charge is 0.337 e. The van der Waals surface area contributed by atoms with E-state index in [1.54, 1.807) is 0 Å². The Morgan fingerprint density at radius 2 is 2.13 bits per heavy atom. The van der Waals surface area contributed by atoms with Crippen LogP contribution < -0.4 is 0 Å². The monoisotopic (exact) mass is 207 g/mol. The summed E-state index contributed by atoms with van der Waals surface area (Å²) >= 11 is 0. The lowest BCUT2D eigenvalue weighted by atomic mass is 10.2. The zero-order valence-corrected chi connectivity index (χ0v) is 7.75. The molecule has 0 aliphatic rings. The van der Waals surface area contributed by atoms with Gasteiger partial charge in [-0.15, -0.1) is 0 Å². The van der Waals surface area contributed by atoms with Crippen molar-refractivity contribution in [3.05, 3.63) is 35.7 Å². The maximum Gasteiger partial charge on any atom is 0.337 e. The second-order valence-corrected chi connectivity index (χ2v) is 2.74. The molecule has 0 unspecified atom stereocenters.